The van der Waals surface area contributed by atoms with Crippen molar-refractivity contribution in [3.8, 4) is 0 Å². The molecule has 0 N–H and O–H groups in total. The summed E-state index contributed by atoms with van der Waals surface area (Å²) < 4.78 is 4.86. The molecule has 26 heavy (non-hydrogen) atoms. The van der Waals surface area contributed by atoms with Crippen molar-refractivity contribution in [1.29, 1.82) is 0 Å². The number of unbranched alkanes of at least 4 members (excludes halogenated alkanes) is 15. The molecule has 0 bridgehead atoms. The Kier molecular flexibility index (Phi) is 19.8. The molecule has 0 atom stereocenters. The second-order valence-corrected chi connectivity index (χ2v) is 7.65. The fourth-order valence-corrected chi connectivity index (χ4v) is 3.21. The molecule has 154 valence electrons. The van der Waals surface area contributed by atoms with Gasteiger partial charge in [0.1, 0.15) is 0 Å². The Hall–Kier alpha value is -0.860. The van der Waals surface area contributed by atoms with E-state index >= 15 is 0 Å². The lowest BCUT2D eigenvalue weighted by molar-refractivity contribution is -0.159. The van der Waals surface area contributed by atoms with Crippen LogP contribution < -0.4 is 0 Å². The molecule has 0 aromatic carbocycles. The Labute approximate surface area is 162 Å². The summed E-state index contributed by atoms with van der Waals surface area (Å²) in [5, 5.41) is 0. The van der Waals surface area contributed by atoms with Gasteiger partial charge in [-0.2, -0.15) is 0 Å². The molecule has 0 heterocycles. The second-order valence-electron chi connectivity index (χ2n) is 7.65. The third-order valence-corrected chi connectivity index (χ3v) is 4.95. The van der Waals surface area contributed by atoms with E-state index < -0.39 is 0 Å². The first kappa shape index (κ1) is 25.1. The molecule has 0 aliphatic carbocycles. The molecule has 0 unspecified atom stereocenters. The van der Waals surface area contributed by atoms with Crippen LogP contribution in [0.4, 0.5) is 0 Å². The Morgan fingerprint density at radius 3 is 1.08 bits per heavy atom. The lowest BCUT2D eigenvalue weighted by Gasteiger charge is -2.04. The van der Waals surface area contributed by atoms with Gasteiger partial charge in [0.05, 0.1) is 0 Å². The fraction of sp³-hybridized carbons (Fsp3) is 0.913. The van der Waals surface area contributed by atoms with Crippen molar-refractivity contribution in [2.75, 3.05) is 0 Å². The average Bonchev–Trinajstić information content (AvgIpc) is 2.62. The van der Waals surface area contributed by atoms with Crippen LogP contribution in [0.15, 0.2) is 0 Å². The SMILES string of the molecule is CCCCCCCCCCCCCCCC(=O)OC(=O)CCCCCC. The number of ether oxygens (including phenoxy) is 1. The van der Waals surface area contributed by atoms with Gasteiger partial charge in [0.2, 0.25) is 0 Å². The highest BCUT2D eigenvalue weighted by atomic mass is 16.6. The highest BCUT2D eigenvalue weighted by Crippen LogP contribution is 2.13. The summed E-state index contributed by atoms with van der Waals surface area (Å²) in [6.45, 7) is 4.40. The zero-order chi connectivity index (χ0) is 19.3. The van der Waals surface area contributed by atoms with Gasteiger partial charge in [0, 0.05) is 12.8 Å². The minimum absolute atomic E-state index is 0.339. The fourth-order valence-electron chi connectivity index (χ4n) is 3.21. The number of hydrogen-bond acceptors (Lipinski definition) is 3. The summed E-state index contributed by atoms with van der Waals surface area (Å²) in [7, 11) is 0. The zero-order valence-electron chi connectivity index (χ0n) is 17.7. The van der Waals surface area contributed by atoms with E-state index in [4.69, 9.17) is 4.74 Å². The van der Waals surface area contributed by atoms with Crippen molar-refractivity contribution < 1.29 is 14.3 Å². The molecular weight excluding hydrogens is 324 g/mol. The third-order valence-electron chi connectivity index (χ3n) is 4.95. The Morgan fingerprint density at radius 2 is 0.731 bits per heavy atom. The number of carbonyl (C=O) groups is 2. The van der Waals surface area contributed by atoms with E-state index in [2.05, 4.69) is 13.8 Å². The van der Waals surface area contributed by atoms with E-state index in [0.717, 1.165) is 38.5 Å². The average molecular weight is 369 g/mol. The summed E-state index contributed by atoms with van der Waals surface area (Å²) in [5.74, 6) is -0.686. The molecule has 3 nitrogen and oxygen atoms in total. The smallest absolute Gasteiger partial charge is 0.313 e. The van der Waals surface area contributed by atoms with Gasteiger partial charge < -0.3 is 4.74 Å². The van der Waals surface area contributed by atoms with E-state index in [1.54, 1.807) is 0 Å². The standard InChI is InChI=1S/C23H44O3/c1-3-5-7-9-10-11-12-13-14-15-16-17-19-21-23(25)26-22(24)20-18-8-6-4-2/h3-21H2,1-2H3. The minimum atomic E-state index is -0.346. The molecule has 0 radical (unpaired) electrons. The molecule has 3 heteroatoms. The number of rotatable bonds is 19. The Bertz CT molecular complexity index is 325. The quantitative estimate of drug-likeness (QED) is 0.135. The second kappa shape index (κ2) is 20.5. The predicted octanol–water partition coefficient (Wildman–Crippen LogP) is 7.51. The van der Waals surface area contributed by atoms with Gasteiger partial charge in [-0.3, -0.25) is 9.59 Å². The molecule has 0 amide bonds. The maximum atomic E-state index is 11.6. The number of hydrogen-bond donors (Lipinski definition) is 0. The van der Waals surface area contributed by atoms with Crippen LogP contribution in [0.2, 0.25) is 0 Å². The monoisotopic (exact) mass is 368 g/mol. The molecule has 0 aromatic heterocycles. The molecule has 0 saturated heterocycles. The van der Waals surface area contributed by atoms with Gasteiger partial charge in [-0.25, -0.2) is 0 Å². The van der Waals surface area contributed by atoms with Crippen LogP contribution in [0.1, 0.15) is 136 Å². The normalized spacial score (nSPS) is 10.8. The van der Waals surface area contributed by atoms with Crippen molar-refractivity contribution in [1.82, 2.24) is 0 Å². The molecule has 0 spiro atoms. The Morgan fingerprint density at radius 1 is 0.462 bits per heavy atom. The lowest BCUT2D eigenvalue weighted by Crippen LogP contribution is -2.11. The number of esters is 2. The van der Waals surface area contributed by atoms with E-state index in [0.29, 0.717) is 12.8 Å². The topological polar surface area (TPSA) is 43.4 Å². The highest BCUT2D eigenvalue weighted by molar-refractivity contribution is 5.85. The summed E-state index contributed by atoms with van der Waals surface area (Å²) in [4.78, 5) is 23.1. The van der Waals surface area contributed by atoms with Gasteiger partial charge >= 0.3 is 11.9 Å². The lowest BCUT2D eigenvalue weighted by atomic mass is 10.0. The molecular formula is C23H44O3. The molecule has 0 aliphatic rings. The van der Waals surface area contributed by atoms with Crippen molar-refractivity contribution in [2.45, 2.75) is 136 Å². The minimum Gasteiger partial charge on any atom is -0.393 e. The first-order valence-corrected chi connectivity index (χ1v) is 11.4. The van der Waals surface area contributed by atoms with Crippen molar-refractivity contribution in [3.63, 3.8) is 0 Å². The summed E-state index contributed by atoms with van der Waals surface area (Å²) in [5.41, 5.74) is 0. The van der Waals surface area contributed by atoms with Crippen LogP contribution in [0.5, 0.6) is 0 Å². The van der Waals surface area contributed by atoms with Crippen LogP contribution in [0.25, 0.3) is 0 Å². The van der Waals surface area contributed by atoms with Gasteiger partial charge in [-0.15, -0.1) is 0 Å². The van der Waals surface area contributed by atoms with Crippen LogP contribution in [-0.2, 0) is 14.3 Å². The van der Waals surface area contributed by atoms with E-state index in [1.165, 1.54) is 70.6 Å². The maximum absolute atomic E-state index is 11.6. The van der Waals surface area contributed by atoms with Gasteiger partial charge in [-0.05, 0) is 12.8 Å². The van der Waals surface area contributed by atoms with Crippen molar-refractivity contribution in [2.24, 2.45) is 0 Å². The number of carbonyl (C=O) groups excluding carboxylic acids is 2. The van der Waals surface area contributed by atoms with Crippen LogP contribution in [0, 0.1) is 0 Å². The van der Waals surface area contributed by atoms with Gasteiger partial charge in [0.25, 0.3) is 0 Å². The zero-order valence-corrected chi connectivity index (χ0v) is 17.7. The Balaban J connectivity index is 3.26. The van der Waals surface area contributed by atoms with Crippen LogP contribution in [0.3, 0.4) is 0 Å². The third kappa shape index (κ3) is 19.5. The molecule has 0 saturated carbocycles. The molecule has 0 aromatic rings. The molecule has 0 rings (SSSR count). The van der Waals surface area contributed by atoms with Gasteiger partial charge in [-0.1, -0.05) is 110 Å². The van der Waals surface area contributed by atoms with Crippen molar-refractivity contribution >= 4 is 11.9 Å². The van der Waals surface area contributed by atoms with Crippen LogP contribution >= 0.6 is 0 Å². The van der Waals surface area contributed by atoms with E-state index in [1.807, 2.05) is 0 Å². The first-order valence-electron chi connectivity index (χ1n) is 11.4. The predicted molar refractivity (Wildman–Crippen MR) is 110 cm³/mol. The summed E-state index contributed by atoms with van der Waals surface area (Å²) >= 11 is 0. The largest absolute Gasteiger partial charge is 0.393 e. The molecule has 0 aliphatic heterocycles. The molecule has 0 fully saturated rings. The highest BCUT2D eigenvalue weighted by Gasteiger charge is 2.09. The first-order chi connectivity index (χ1) is 12.7. The summed E-state index contributed by atoms with van der Waals surface area (Å²) in [6, 6.07) is 0. The van der Waals surface area contributed by atoms with Crippen molar-refractivity contribution in [3.05, 3.63) is 0 Å². The van der Waals surface area contributed by atoms with Crippen LogP contribution in [-0.4, -0.2) is 11.9 Å². The van der Waals surface area contributed by atoms with Gasteiger partial charge in [0.15, 0.2) is 0 Å². The van der Waals surface area contributed by atoms with E-state index in [-0.39, 0.29) is 11.9 Å². The van der Waals surface area contributed by atoms with E-state index in [9.17, 15) is 9.59 Å². The summed E-state index contributed by atoms with van der Waals surface area (Å²) in [6.07, 6.45) is 21.7. The maximum Gasteiger partial charge on any atom is 0.313 e.